The fourth-order valence-electron chi connectivity index (χ4n) is 2.28. The van der Waals surface area contributed by atoms with Crippen molar-refractivity contribution in [1.29, 1.82) is 0 Å². The first kappa shape index (κ1) is 11.1. The lowest BCUT2D eigenvalue weighted by atomic mass is 9.96. The van der Waals surface area contributed by atoms with E-state index in [4.69, 9.17) is 0 Å². The quantitative estimate of drug-likeness (QED) is 0.827. The van der Waals surface area contributed by atoms with Crippen LogP contribution in [0.2, 0.25) is 0 Å². The summed E-state index contributed by atoms with van der Waals surface area (Å²) >= 11 is 0. The Hall–Kier alpha value is -2.03. The van der Waals surface area contributed by atoms with Crippen LogP contribution in [0.5, 0.6) is 0 Å². The highest BCUT2D eigenvalue weighted by Gasteiger charge is 2.19. The molecule has 0 atom stereocenters. The van der Waals surface area contributed by atoms with Crippen LogP contribution in [0.3, 0.4) is 0 Å². The average molecular weight is 239 g/mol. The Morgan fingerprint density at radius 1 is 1.28 bits per heavy atom. The molecule has 92 valence electrons. The van der Waals surface area contributed by atoms with Crippen molar-refractivity contribution in [3.63, 3.8) is 0 Å². The van der Waals surface area contributed by atoms with Gasteiger partial charge in [-0.1, -0.05) is 24.3 Å². The predicted octanol–water partition coefficient (Wildman–Crippen LogP) is 3.30. The molecule has 0 unspecified atom stereocenters. The first-order chi connectivity index (χ1) is 8.55. The number of hydrogen-bond acceptors (Lipinski definition) is 2. The molecule has 0 aliphatic carbocycles. The second-order valence-corrected chi connectivity index (χ2v) is 5.34. The normalized spacial score (nSPS) is 16.2. The smallest absolute Gasteiger partial charge is 0.139 e. The second kappa shape index (κ2) is 3.73. The van der Waals surface area contributed by atoms with Crippen molar-refractivity contribution in [3.05, 3.63) is 42.2 Å². The highest BCUT2D eigenvalue weighted by Crippen LogP contribution is 2.31. The van der Waals surface area contributed by atoms with E-state index in [0.717, 1.165) is 11.4 Å². The van der Waals surface area contributed by atoms with Gasteiger partial charge < -0.3 is 9.88 Å². The summed E-state index contributed by atoms with van der Waals surface area (Å²) in [6.07, 6.45) is 8.15. The Morgan fingerprint density at radius 3 is 2.83 bits per heavy atom. The Balaban J connectivity index is 2.07. The van der Waals surface area contributed by atoms with Gasteiger partial charge in [0.2, 0.25) is 0 Å². The Bertz CT molecular complexity index is 620. The topological polar surface area (TPSA) is 29.9 Å². The maximum absolute atomic E-state index is 4.39. The maximum Gasteiger partial charge on any atom is 0.139 e. The van der Waals surface area contributed by atoms with Crippen LogP contribution >= 0.6 is 0 Å². The van der Waals surface area contributed by atoms with Crippen molar-refractivity contribution in [2.75, 3.05) is 5.32 Å². The zero-order valence-corrected chi connectivity index (χ0v) is 10.9. The number of anilines is 1. The molecule has 0 saturated carbocycles. The van der Waals surface area contributed by atoms with Gasteiger partial charge in [-0.05, 0) is 25.5 Å². The molecule has 3 rings (SSSR count). The molecule has 18 heavy (non-hydrogen) atoms. The van der Waals surface area contributed by atoms with E-state index in [2.05, 4.69) is 54.5 Å². The van der Waals surface area contributed by atoms with Crippen molar-refractivity contribution in [1.82, 2.24) is 9.55 Å². The summed E-state index contributed by atoms with van der Waals surface area (Å²) in [5.41, 5.74) is 3.54. The molecule has 0 saturated heterocycles. The van der Waals surface area contributed by atoms with Gasteiger partial charge in [-0.3, -0.25) is 0 Å². The van der Waals surface area contributed by atoms with E-state index in [9.17, 15) is 0 Å². The zero-order valence-electron chi connectivity index (χ0n) is 10.9. The molecule has 2 heterocycles. The predicted molar refractivity (Wildman–Crippen MR) is 75.4 cm³/mol. The van der Waals surface area contributed by atoms with Crippen LogP contribution in [0, 0.1) is 0 Å². The number of imidazole rings is 1. The molecular formula is C15H17N3. The molecule has 3 heteroatoms. The number of rotatable bonds is 1. The van der Waals surface area contributed by atoms with Crippen molar-refractivity contribution in [2.24, 2.45) is 7.05 Å². The van der Waals surface area contributed by atoms with Crippen molar-refractivity contribution < 1.29 is 0 Å². The lowest BCUT2D eigenvalue weighted by molar-refractivity contribution is 0.711. The molecule has 1 aliphatic heterocycles. The van der Waals surface area contributed by atoms with E-state index >= 15 is 0 Å². The third-order valence-electron chi connectivity index (χ3n) is 3.27. The SMILES string of the molecule is Cn1ccnc1-c1ccc2c(c1)NC(C)(C)C=C2. The summed E-state index contributed by atoms with van der Waals surface area (Å²) in [6, 6.07) is 6.42. The molecule has 1 N–H and O–H groups in total. The highest BCUT2D eigenvalue weighted by atomic mass is 15.0. The Labute approximate surface area is 107 Å². The number of benzene rings is 1. The largest absolute Gasteiger partial charge is 0.376 e. The molecule has 1 aromatic heterocycles. The molecule has 2 aromatic rings. The van der Waals surface area contributed by atoms with Gasteiger partial charge >= 0.3 is 0 Å². The van der Waals surface area contributed by atoms with E-state index in [-0.39, 0.29) is 5.54 Å². The number of fused-ring (bicyclic) bond motifs is 1. The van der Waals surface area contributed by atoms with E-state index in [0.29, 0.717) is 0 Å². The lowest BCUT2D eigenvalue weighted by Gasteiger charge is -2.29. The molecule has 0 amide bonds. The summed E-state index contributed by atoms with van der Waals surface area (Å²) < 4.78 is 2.03. The molecule has 1 aromatic carbocycles. The standard InChI is InChI=1S/C15H17N3/c1-15(2)7-6-11-4-5-12(10-13(11)17-15)14-16-8-9-18(14)3/h4-10,17H,1-3H3. The van der Waals surface area contributed by atoms with Crippen LogP contribution in [0.1, 0.15) is 19.4 Å². The highest BCUT2D eigenvalue weighted by molar-refractivity contribution is 5.76. The summed E-state index contributed by atoms with van der Waals surface area (Å²) in [4.78, 5) is 4.39. The van der Waals surface area contributed by atoms with Gasteiger partial charge in [-0.15, -0.1) is 0 Å². The number of aryl methyl sites for hydroxylation is 1. The fraction of sp³-hybridized carbons (Fsp3) is 0.267. The minimum Gasteiger partial charge on any atom is -0.376 e. The van der Waals surface area contributed by atoms with Crippen LogP contribution < -0.4 is 5.32 Å². The summed E-state index contributed by atoms with van der Waals surface area (Å²) in [5.74, 6) is 0.993. The molecule has 0 bridgehead atoms. The molecule has 0 spiro atoms. The van der Waals surface area contributed by atoms with Crippen LogP contribution in [-0.4, -0.2) is 15.1 Å². The molecule has 1 aliphatic rings. The molecule has 0 radical (unpaired) electrons. The number of nitrogens with one attached hydrogen (secondary N) is 1. The third-order valence-corrected chi connectivity index (χ3v) is 3.27. The third kappa shape index (κ3) is 1.82. The summed E-state index contributed by atoms with van der Waals surface area (Å²) in [7, 11) is 2.01. The Morgan fingerprint density at radius 2 is 2.11 bits per heavy atom. The van der Waals surface area contributed by atoms with Crippen LogP contribution in [0.15, 0.2) is 36.7 Å². The average Bonchev–Trinajstić information content (AvgIpc) is 2.73. The van der Waals surface area contributed by atoms with Crippen molar-refractivity contribution in [2.45, 2.75) is 19.4 Å². The molecular weight excluding hydrogens is 222 g/mol. The van der Waals surface area contributed by atoms with E-state index < -0.39 is 0 Å². The zero-order chi connectivity index (χ0) is 12.8. The van der Waals surface area contributed by atoms with Crippen molar-refractivity contribution >= 4 is 11.8 Å². The van der Waals surface area contributed by atoms with E-state index in [1.165, 1.54) is 11.3 Å². The minimum absolute atomic E-state index is 0.00720. The van der Waals surface area contributed by atoms with Gasteiger partial charge in [0.15, 0.2) is 0 Å². The van der Waals surface area contributed by atoms with Gasteiger partial charge in [-0.25, -0.2) is 4.98 Å². The van der Waals surface area contributed by atoms with E-state index in [1.54, 1.807) is 0 Å². The number of nitrogens with zero attached hydrogens (tertiary/aromatic N) is 2. The van der Waals surface area contributed by atoms with Crippen LogP contribution in [0.25, 0.3) is 17.5 Å². The number of hydrogen-bond donors (Lipinski definition) is 1. The summed E-state index contributed by atoms with van der Waals surface area (Å²) in [5, 5.41) is 3.53. The van der Waals surface area contributed by atoms with Gasteiger partial charge in [0.1, 0.15) is 5.82 Å². The van der Waals surface area contributed by atoms with Crippen LogP contribution in [-0.2, 0) is 7.05 Å². The van der Waals surface area contributed by atoms with Crippen LogP contribution in [0.4, 0.5) is 5.69 Å². The number of aromatic nitrogens is 2. The first-order valence-electron chi connectivity index (χ1n) is 6.14. The molecule has 3 nitrogen and oxygen atoms in total. The molecule has 0 fully saturated rings. The van der Waals surface area contributed by atoms with Gasteiger partial charge in [0.05, 0.1) is 5.54 Å². The van der Waals surface area contributed by atoms with Gasteiger partial charge in [0, 0.05) is 30.7 Å². The lowest BCUT2D eigenvalue weighted by Crippen LogP contribution is -2.30. The monoisotopic (exact) mass is 239 g/mol. The van der Waals surface area contributed by atoms with E-state index in [1.807, 2.05) is 24.0 Å². The fourth-order valence-corrected chi connectivity index (χ4v) is 2.28. The second-order valence-electron chi connectivity index (χ2n) is 5.34. The first-order valence-corrected chi connectivity index (χ1v) is 6.14. The minimum atomic E-state index is 0.00720. The van der Waals surface area contributed by atoms with Gasteiger partial charge in [0.25, 0.3) is 0 Å². The Kier molecular flexibility index (Phi) is 2.30. The maximum atomic E-state index is 4.39. The van der Waals surface area contributed by atoms with Gasteiger partial charge in [-0.2, -0.15) is 0 Å². The summed E-state index contributed by atoms with van der Waals surface area (Å²) in [6.45, 7) is 4.33. The van der Waals surface area contributed by atoms with Crippen molar-refractivity contribution in [3.8, 4) is 11.4 Å².